The summed E-state index contributed by atoms with van der Waals surface area (Å²) in [6.45, 7) is 1.02. The molecule has 3 aromatic heterocycles. The van der Waals surface area contributed by atoms with Crippen LogP contribution in [-0.4, -0.2) is 32.0 Å². The first-order chi connectivity index (χ1) is 13.7. The first-order valence-electron chi connectivity index (χ1n) is 8.86. The Kier molecular flexibility index (Phi) is 4.97. The summed E-state index contributed by atoms with van der Waals surface area (Å²) in [5, 5.41) is 2.89. The van der Waals surface area contributed by atoms with Gasteiger partial charge in [0.2, 0.25) is 0 Å². The summed E-state index contributed by atoms with van der Waals surface area (Å²) >= 11 is 0. The van der Waals surface area contributed by atoms with Crippen molar-refractivity contribution in [2.24, 2.45) is 0 Å². The van der Waals surface area contributed by atoms with Gasteiger partial charge in [-0.1, -0.05) is 18.2 Å². The van der Waals surface area contributed by atoms with Gasteiger partial charge in [-0.05, 0) is 41.5 Å². The number of carbonyl (C=O) groups is 1. The summed E-state index contributed by atoms with van der Waals surface area (Å²) in [4.78, 5) is 24.0. The van der Waals surface area contributed by atoms with E-state index >= 15 is 0 Å². The van der Waals surface area contributed by atoms with E-state index in [0.717, 1.165) is 22.6 Å². The zero-order valence-electron chi connectivity index (χ0n) is 15.0. The molecule has 0 aliphatic rings. The van der Waals surface area contributed by atoms with Crippen LogP contribution < -0.4 is 5.32 Å². The number of amides is 1. The minimum Gasteiger partial charge on any atom is -0.357 e. The average Bonchev–Trinajstić information content (AvgIpc) is 3.39. The Balaban J connectivity index is 1.37. The molecule has 3 heterocycles. The van der Waals surface area contributed by atoms with Crippen molar-refractivity contribution in [3.05, 3.63) is 84.8 Å². The number of rotatable bonds is 6. The number of imidazole rings is 1. The second kappa shape index (κ2) is 7.87. The van der Waals surface area contributed by atoms with Crippen LogP contribution in [0.15, 0.2) is 73.3 Å². The Morgan fingerprint density at radius 2 is 1.93 bits per heavy atom. The van der Waals surface area contributed by atoms with Crippen LogP contribution in [0, 0.1) is 5.82 Å². The molecule has 0 saturated carbocycles. The van der Waals surface area contributed by atoms with Crippen molar-refractivity contribution in [1.82, 2.24) is 24.8 Å². The Bertz CT molecular complexity index is 1070. The van der Waals surface area contributed by atoms with E-state index in [1.807, 2.05) is 29.0 Å². The number of aromatic nitrogens is 4. The van der Waals surface area contributed by atoms with Gasteiger partial charge in [0.05, 0.1) is 0 Å². The fourth-order valence-electron chi connectivity index (χ4n) is 2.94. The number of aromatic amines is 1. The lowest BCUT2D eigenvalue weighted by molar-refractivity contribution is 0.0948. The highest BCUT2D eigenvalue weighted by Crippen LogP contribution is 2.20. The lowest BCUT2D eigenvalue weighted by Crippen LogP contribution is -2.27. The molecule has 0 unspecified atom stereocenters. The van der Waals surface area contributed by atoms with E-state index in [2.05, 4.69) is 20.3 Å². The number of nitrogens with zero attached hydrogens (tertiary/aromatic N) is 3. The van der Waals surface area contributed by atoms with Gasteiger partial charge < -0.3 is 14.9 Å². The lowest BCUT2D eigenvalue weighted by Gasteiger charge is -2.08. The minimum atomic E-state index is -0.290. The normalized spacial score (nSPS) is 10.8. The molecule has 0 aliphatic heterocycles. The number of hydrogen-bond acceptors (Lipinski definition) is 3. The number of halogens is 1. The zero-order valence-corrected chi connectivity index (χ0v) is 15.0. The van der Waals surface area contributed by atoms with E-state index in [-0.39, 0.29) is 11.7 Å². The number of H-pyrrole nitrogens is 1. The highest BCUT2D eigenvalue weighted by molar-refractivity contribution is 5.93. The molecular formula is C21H18FN5O. The molecule has 28 heavy (non-hydrogen) atoms. The molecule has 0 bridgehead atoms. The van der Waals surface area contributed by atoms with Gasteiger partial charge in [0.25, 0.3) is 5.91 Å². The molecule has 2 N–H and O–H groups in total. The Hall–Kier alpha value is -3.74. The summed E-state index contributed by atoms with van der Waals surface area (Å²) in [6, 6.07) is 13.6. The quantitative estimate of drug-likeness (QED) is 0.541. The molecule has 0 atom stereocenters. The van der Waals surface area contributed by atoms with Gasteiger partial charge >= 0.3 is 0 Å². The van der Waals surface area contributed by atoms with Crippen molar-refractivity contribution in [3.8, 4) is 22.6 Å². The summed E-state index contributed by atoms with van der Waals surface area (Å²) in [7, 11) is 0. The molecule has 140 valence electrons. The van der Waals surface area contributed by atoms with E-state index in [1.165, 1.54) is 12.1 Å². The third-order valence-corrected chi connectivity index (χ3v) is 4.35. The summed E-state index contributed by atoms with van der Waals surface area (Å²) in [5.74, 6) is 0.267. The molecule has 1 aromatic carbocycles. The van der Waals surface area contributed by atoms with E-state index in [0.29, 0.717) is 18.8 Å². The highest BCUT2D eigenvalue weighted by atomic mass is 19.1. The Labute approximate surface area is 161 Å². The van der Waals surface area contributed by atoms with Crippen molar-refractivity contribution in [3.63, 3.8) is 0 Å². The number of hydrogen-bond donors (Lipinski definition) is 2. The van der Waals surface area contributed by atoms with Crippen molar-refractivity contribution >= 4 is 5.91 Å². The summed E-state index contributed by atoms with van der Waals surface area (Å²) < 4.78 is 15.0. The molecule has 4 aromatic rings. The Morgan fingerprint density at radius 1 is 1.07 bits per heavy atom. The smallest absolute Gasteiger partial charge is 0.267 e. The van der Waals surface area contributed by atoms with Crippen LogP contribution in [0.25, 0.3) is 22.6 Å². The number of benzene rings is 1. The number of pyridine rings is 1. The molecule has 1 amide bonds. The molecule has 0 fully saturated rings. The van der Waals surface area contributed by atoms with Crippen molar-refractivity contribution in [1.29, 1.82) is 0 Å². The maximum Gasteiger partial charge on any atom is 0.267 e. The van der Waals surface area contributed by atoms with Crippen molar-refractivity contribution in [2.75, 3.05) is 6.54 Å². The van der Waals surface area contributed by atoms with Gasteiger partial charge in [-0.3, -0.25) is 9.78 Å². The predicted molar refractivity (Wildman–Crippen MR) is 104 cm³/mol. The zero-order chi connectivity index (χ0) is 19.3. The summed E-state index contributed by atoms with van der Waals surface area (Å²) in [6.07, 6.45) is 7.03. The summed E-state index contributed by atoms with van der Waals surface area (Å²) in [5.41, 5.74) is 2.91. The molecular weight excluding hydrogens is 357 g/mol. The fraction of sp³-hybridized carbons (Fsp3) is 0.0952. The van der Waals surface area contributed by atoms with Gasteiger partial charge in [0.1, 0.15) is 17.2 Å². The minimum absolute atomic E-state index is 0.201. The first kappa shape index (κ1) is 17.7. The van der Waals surface area contributed by atoms with E-state index < -0.39 is 0 Å². The second-order valence-electron chi connectivity index (χ2n) is 6.22. The molecule has 0 saturated heterocycles. The largest absolute Gasteiger partial charge is 0.357 e. The first-order valence-corrected chi connectivity index (χ1v) is 8.86. The predicted octanol–water partition coefficient (Wildman–Crippen LogP) is 3.51. The van der Waals surface area contributed by atoms with Crippen LogP contribution in [0.3, 0.4) is 0 Å². The molecule has 0 radical (unpaired) electrons. The Morgan fingerprint density at radius 3 is 2.71 bits per heavy atom. The molecule has 6 nitrogen and oxygen atoms in total. The highest BCUT2D eigenvalue weighted by Gasteiger charge is 2.11. The molecule has 0 aliphatic carbocycles. The molecule has 4 rings (SSSR count). The van der Waals surface area contributed by atoms with Gasteiger partial charge in [0.15, 0.2) is 5.82 Å². The maximum atomic E-state index is 13.0. The van der Waals surface area contributed by atoms with Crippen LogP contribution in [-0.2, 0) is 6.54 Å². The van der Waals surface area contributed by atoms with Crippen LogP contribution in [0.1, 0.15) is 10.5 Å². The fourth-order valence-corrected chi connectivity index (χ4v) is 2.94. The third kappa shape index (κ3) is 3.83. The van der Waals surface area contributed by atoms with Gasteiger partial charge in [-0.2, -0.15) is 0 Å². The van der Waals surface area contributed by atoms with E-state index in [1.54, 1.807) is 36.8 Å². The van der Waals surface area contributed by atoms with Gasteiger partial charge in [-0.25, -0.2) is 9.37 Å². The van der Waals surface area contributed by atoms with Gasteiger partial charge in [-0.15, -0.1) is 0 Å². The topological polar surface area (TPSA) is 75.6 Å². The average molecular weight is 375 g/mol. The second-order valence-corrected chi connectivity index (χ2v) is 6.22. The van der Waals surface area contributed by atoms with Crippen molar-refractivity contribution in [2.45, 2.75) is 6.54 Å². The number of carbonyl (C=O) groups excluding carboxylic acids is 1. The van der Waals surface area contributed by atoms with Crippen LogP contribution in [0.4, 0.5) is 4.39 Å². The van der Waals surface area contributed by atoms with E-state index in [4.69, 9.17) is 0 Å². The third-order valence-electron chi connectivity index (χ3n) is 4.35. The number of nitrogens with one attached hydrogen (secondary N) is 2. The molecule has 7 heteroatoms. The van der Waals surface area contributed by atoms with E-state index in [9.17, 15) is 9.18 Å². The monoisotopic (exact) mass is 375 g/mol. The lowest BCUT2D eigenvalue weighted by atomic mass is 10.1. The standard InChI is InChI=1S/C21H18FN5O/c22-17-6-4-15(5-7-17)16-13-19(26-14-16)21(28)25-10-12-27-11-9-24-20(27)18-3-1-2-8-23-18/h1-9,11,13-14,26H,10,12H2,(H,25,28). The van der Waals surface area contributed by atoms with Crippen LogP contribution >= 0.6 is 0 Å². The van der Waals surface area contributed by atoms with Gasteiger partial charge in [0, 0.05) is 37.9 Å². The maximum absolute atomic E-state index is 13.0. The van der Waals surface area contributed by atoms with Crippen molar-refractivity contribution < 1.29 is 9.18 Å². The van der Waals surface area contributed by atoms with Crippen LogP contribution in [0.5, 0.6) is 0 Å². The van der Waals surface area contributed by atoms with Crippen LogP contribution in [0.2, 0.25) is 0 Å². The SMILES string of the molecule is O=C(NCCn1ccnc1-c1ccccn1)c1cc(-c2ccc(F)cc2)c[nH]1. The molecule has 0 spiro atoms.